The quantitative estimate of drug-likeness (QED) is 0.752. The van der Waals surface area contributed by atoms with Crippen LogP contribution in [-0.2, 0) is 7.05 Å². The number of hydrogen-bond acceptors (Lipinski definition) is 4. The van der Waals surface area contributed by atoms with Crippen molar-refractivity contribution in [3.8, 4) is 0 Å². The molecule has 0 aliphatic rings. The molecule has 0 aliphatic heterocycles. The fourth-order valence-electron chi connectivity index (χ4n) is 2.15. The monoisotopic (exact) mass is 286 g/mol. The lowest BCUT2D eigenvalue weighted by Crippen LogP contribution is -1.93. The number of carbonyl (C=O) groups excluding carboxylic acids is 1. The van der Waals surface area contributed by atoms with Crippen molar-refractivity contribution in [3.05, 3.63) is 35.0 Å². The number of nitrogens with one attached hydrogen (secondary N) is 1. The first kappa shape index (κ1) is 12.9. The van der Waals surface area contributed by atoms with E-state index in [4.69, 9.17) is 0 Å². The zero-order valence-electron chi connectivity index (χ0n) is 11.5. The molecule has 0 saturated heterocycles. The Morgan fingerprint density at radius 2 is 2.15 bits per heavy atom. The van der Waals surface area contributed by atoms with Gasteiger partial charge in [0, 0.05) is 7.05 Å². The first-order chi connectivity index (χ1) is 9.58. The van der Waals surface area contributed by atoms with Crippen molar-refractivity contribution in [2.24, 2.45) is 7.05 Å². The molecule has 102 valence electrons. The van der Waals surface area contributed by atoms with Gasteiger partial charge in [-0.15, -0.1) is 0 Å². The third-order valence-electron chi connectivity index (χ3n) is 3.14. The second kappa shape index (κ2) is 4.79. The molecule has 20 heavy (non-hydrogen) atoms. The zero-order chi connectivity index (χ0) is 14.3. The maximum atomic E-state index is 11.2. The number of aldehydes is 1. The van der Waals surface area contributed by atoms with Gasteiger partial charge in [-0.1, -0.05) is 6.07 Å². The van der Waals surface area contributed by atoms with E-state index in [2.05, 4.69) is 21.1 Å². The van der Waals surface area contributed by atoms with Gasteiger partial charge < -0.3 is 4.98 Å². The Labute approximate surface area is 120 Å². The Bertz CT molecular complexity index is 803. The number of benzene rings is 1. The lowest BCUT2D eigenvalue weighted by molar-refractivity contribution is 0.112. The van der Waals surface area contributed by atoms with Gasteiger partial charge in [0.2, 0.25) is 0 Å². The molecule has 2 aromatic heterocycles. The number of aryl methyl sites for hydroxylation is 3. The van der Waals surface area contributed by atoms with Crippen LogP contribution in [0.5, 0.6) is 0 Å². The van der Waals surface area contributed by atoms with Gasteiger partial charge in [0.15, 0.2) is 11.4 Å². The zero-order valence-corrected chi connectivity index (χ0v) is 12.3. The molecule has 0 spiro atoms. The van der Waals surface area contributed by atoms with E-state index >= 15 is 0 Å². The van der Waals surface area contributed by atoms with Crippen molar-refractivity contribution in [1.82, 2.24) is 19.7 Å². The van der Waals surface area contributed by atoms with E-state index in [1.807, 2.05) is 33.0 Å². The van der Waals surface area contributed by atoms with Gasteiger partial charge in [-0.25, -0.2) is 4.98 Å². The average Bonchev–Trinajstić information content (AvgIpc) is 2.90. The molecule has 0 unspecified atom stereocenters. The van der Waals surface area contributed by atoms with Gasteiger partial charge in [0.05, 0.1) is 22.3 Å². The SMILES string of the molecule is Cc1ccc2nc(Sc3c(C=O)c(C)nn3C)[nH]c2c1. The summed E-state index contributed by atoms with van der Waals surface area (Å²) in [5.41, 5.74) is 4.46. The normalized spacial score (nSPS) is 11.2. The van der Waals surface area contributed by atoms with Crippen molar-refractivity contribution >= 4 is 29.1 Å². The number of aromatic nitrogens is 4. The minimum absolute atomic E-state index is 0.620. The summed E-state index contributed by atoms with van der Waals surface area (Å²) >= 11 is 1.42. The van der Waals surface area contributed by atoms with Crippen LogP contribution < -0.4 is 0 Å². The van der Waals surface area contributed by atoms with Crippen LogP contribution in [0, 0.1) is 13.8 Å². The standard InChI is InChI=1S/C14H14N4OS/c1-8-4-5-11-12(6-8)16-14(15-11)20-13-10(7-19)9(2)17-18(13)3/h4-7H,1-3H3,(H,15,16). The summed E-state index contributed by atoms with van der Waals surface area (Å²) in [7, 11) is 1.83. The summed E-state index contributed by atoms with van der Waals surface area (Å²) in [6.07, 6.45) is 0.845. The molecular weight excluding hydrogens is 272 g/mol. The average molecular weight is 286 g/mol. The van der Waals surface area contributed by atoms with Crippen LogP contribution in [0.3, 0.4) is 0 Å². The molecule has 0 saturated carbocycles. The van der Waals surface area contributed by atoms with Gasteiger partial charge in [-0.2, -0.15) is 5.10 Å². The van der Waals surface area contributed by atoms with E-state index in [-0.39, 0.29) is 0 Å². The summed E-state index contributed by atoms with van der Waals surface area (Å²) in [6.45, 7) is 3.87. The molecule has 3 rings (SSSR count). The number of nitrogens with zero attached hydrogens (tertiary/aromatic N) is 3. The number of imidazole rings is 1. The second-order valence-electron chi connectivity index (χ2n) is 4.71. The first-order valence-corrected chi connectivity index (χ1v) is 7.03. The predicted molar refractivity (Wildman–Crippen MR) is 78.3 cm³/mol. The molecule has 6 heteroatoms. The van der Waals surface area contributed by atoms with Crippen LogP contribution in [0.25, 0.3) is 11.0 Å². The lowest BCUT2D eigenvalue weighted by atomic mass is 10.2. The molecule has 0 radical (unpaired) electrons. The fraction of sp³-hybridized carbons (Fsp3) is 0.214. The third kappa shape index (κ3) is 2.12. The van der Waals surface area contributed by atoms with E-state index in [1.165, 1.54) is 17.3 Å². The lowest BCUT2D eigenvalue weighted by Gasteiger charge is -1.99. The summed E-state index contributed by atoms with van der Waals surface area (Å²) in [4.78, 5) is 19.0. The van der Waals surface area contributed by atoms with Crippen LogP contribution in [0.2, 0.25) is 0 Å². The smallest absolute Gasteiger partial charge is 0.172 e. The van der Waals surface area contributed by atoms with E-state index in [1.54, 1.807) is 4.68 Å². The van der Waals surface area contributed by atoms with E-state index < -0.39 is 0 Å². The van der Waals surface area contributed by atoms with Crippen LogP contribution in [0.4, 0.5) is 0 Å². The highest BCUT2D eigenvalue weighted by molar-refractivity contribution is 7.99. The van der Waals surface area contributed by atoms with Gasteiger partial charge >= 0.3 is 0 Å². The van der Waals surface area contributed by atoms with Crippen molar-refractivity contribution in [2.75, 3.05) is 0 Å². The number of aromatic amines is 1. The number of fused-ring (bicyclic) bond motifs is 1. The maximum absolute atomic E-state index is 11.2. The highest BCUT2D eigenvalue weighted by Gasteiger charge is 2.15. The van der Waals surface area contributed by atoms with E-state index in [0.717, 1.165) is 33.2 Å². The number of hydrogen-bond donors (Lipinski definition) is 1. The van der Waals surface area contributed by atoms with Crippen LogP contribution >= 0.6 is 11.8 Å². The third-order valence-corrected chi connectivity index (χ3v) is 4.21. The van der Waals surface area contributed by atoms with Gasteiger partial charge in [-0.3, -0.25) is 9.48 Å². The van der Waals surface area contributed by atoms with Crippen molar-refractivity contribution in [1.29, 1.82) is 0 Å². The molecule has 1 N–H and O–H groups in total. The highest BCUT2D eigenvalue weighted by Crippen LogP contribution is 2.30. The van der Waals surface area contributed by atoms with Crippen LogP contribution in [-0.4, -0.2) is 26.0 Å². The Balaban J connectivity index is 2.03. The summed E-state index contributed by atoms with van der Waals surface area (Å²) in [6, 6.07) is 6.07. The van der Waals surface area contributed by atoms with Crippen molar-refractivity contribution < 1.29 is 4.79 Å². The topological polar surface area (TPSA) is 63.6 Å². The Morgan fingerprint density at radius 1 is 1.35 bits per heavy atom. The molecule has 2 heterocycles. The molecule has 0 aliphatic carbocycles. The molecular formula is C14H14N4OS. The largest absolute Gasteiger partial charge is 0.333 e. The summed E-state index contributed by atoms with van der Waals surface area (Å²) in [5.74, 6) is 0. The number of carbonyl (C=O) groups is 1. The van der Waals surface area contributed by atoms with E-state index in [9.17, 15) is 4.79 Å². The molecule has 5 nitrogen and oxygen atoms in total. The van der Waals surface area contributed by atoms with Gasteiger partial charge in [0.1, 0.15) is 5.03 Å². The molecule has 0 fully saturated rings. The first-order valence-electron chi connectivity index (χ1n) is 6.21. The second-order valence-corrected chi connectivity index (χ2v) is 5.69. The summed E-state index contributed by atoms with van der Waals surface area (Å²) < 4.78 is 1.71. The molecule has 0 atom stereocenters. The highest BCUT2D eigenvalue weighted by atomic mass is 32.2. The maximum Gasteiger partial charge on any atom is 0.172 e. The Kier molecular flexibility index (Phi) is 3.10. The van der Waals surface area contributed by atoms with E-state index in [0.29, 0.717) is 5.56 Å². The van der Waals surface area contributed by atoms with Crippen LogP contribution in [0.15, 0.2) is 28.4 Å². The van der Waals surface area contributed by atoms with Crippen molar-refractivity contribution in [2.45, 2.75) is 24.0 Å². The molecule has 0 bridgehead atoms. The fourth-order valence-corrected chi connectivity index (χ4v) is 3.12. The van der Waals surface area contributed by atoms with Gasteiger partial charge in [0.25, 0.3) is 0 Å². The number of rotatable bonds is 3. The Hall–Kier alpha value is -2.08. The molecule has 3 aromatic rings. The molecule has 0 amide bonds. The number of H-pyrrole nitrogens is 1. The summed E-state index contributed by atoms with van der Waals surface area (Å²) in [5, 5.41) is 5.83. The van der Waals surface area contributed by atoms with Crippen LogP contribution in [0.1, 0.15) is 21.6 Å². The van der Waals surface area contributed by atoms with Gasteiger partial charge in [-0.05, 0) is 43.3 Å². The molecule has 1 aromatic carbocycles. The minimum atomic E-state index is 0.620. The Morgan fingerprint density at radius 3 is 2.90 bits per heavy atom. The van der Waals surface area contributed by atoms with Crippen molar-refractivity contribution in [3.63, 3.8) is 0 Å². The predicted octanol–water partition coefficient (Wildman–Crippen LogP) is 2.88. The minimum Gasteiger partial charge on any atom is -0.333 e.